The summed E-state index contributed by atoms with van der Waals surface area (Å²) < 4.78 is 18.9. The van der Waals surface area contributed by atoms with Gasteiger partial charge < -0.3 is 14.7 Å². The highest BCUT2D eigenvalue weighted by molar-refractivity contribution is 5.78. The molecule has 1 N–H and O–H groups in total. The molecule has 29 heavy (non-hydrogen) atoms. The Morgan fingerprint density at radius 1 is 1.00 bits per heavy atom. The van der Waals surface area contributed by atoms with E-state index in [1.165, 1.54) is 17.7 Å². The van der Waals surface area contributed by atoms with Crippen LogP contribution in [-0.4, -0.2) is 60.1 Å². The van der Waals surface area contributed by atoms with Crippen molar-refractivity contribution in [3.05, 3.63) is 65.5 Å². The van der Waals surface area contributed by atoms with Gasteiger partial charge in [-0.2, -0.15) is 0 Å². The van der Waals surface area contributed by atoms with Crippen LogP contribution < -0.4 is 0 Å². The van der Waals surface area contributed by atoms with Crippen LogP contribution in [0.25, 0.3) is 0 Å². The van der Waals surface area contributed by atoms with Crippen molar-refractivity contribution >= 4 is 5.91 Å². The average molecular weight is 398 g/mol. The van der Waals surface area contributed by atoms with Crippen LogP contribution in [0.15, 0.2) is 48.5 Å². The first-order valence-corrected chi connectivity index (χ1v) is 10.2. The Morgan fingerprint density at radius 2 is 1.66 bits per heavy atom. The number of carbonyl (C=O) groups is 1. The third-order valence-electron chi connectivity index (χ3n) is 5.97. The summed E-state index contributed by atoms with van der Waals surface area (Å²) in [4.78, 5) is 16.9. The summed E-state index contributed by atoms with van der Waals surface area (Å²) in [5.41, 5.74) is 2.16. The maximum atomic E-state index is 13.2. The normalized spacial score (nSPS) is 21.3. The predicted octanol–water partition coefficient (Wildman–Crippen LogP) is 3.31. The van der Waals surface area contributed by atoms with E-state index in [1.54, 1.807) is 24.3 Å². The Bertz CT molecular complexity index is 817. The largest absolute Gasteiger partial charge is 0.508 e. The number of benzene rings is 2. The maximum Gasteiger partial charge on any atom is 0.236 e. The average Bonchev–Trinajstić information content (AvgIpc) is 2.75. The highest BCUT2D eigenvalue weighted by atomic mass is 19.1. The third kappa shape index (κ3) is 4.95. The number of hydrogen-bond acceptors (Lipinski definition) is 4. The first-order valence-electron chi connectivity index (χ1n) is 10.2. The fourth-order valence-electron chi connectivity index (χ4n) is 4.22. The molecule has 1 atom stereocenters. The van der Waals surface area contributed by atoms with E-state index in [0.29, 0.717) is 37.9 Å². The number of phenolic OH excluding ortho intramolecular Hbond substituents is 1. The van der Waals surface area contributed by atoms with E-state index in [0.717, 1.165) is 31.5 Å². The molecule has 2 aromatic rings. The van der Waals surface area contributed by atoms with Crippen molar-refractivity contribution in [2.24, 2.45) is 0 Å². The standard InChI is InChI=1S/C23H27FN2O3/c24-20-5-1-19(2-6-20)22-15-26(13-14-29-22)23(28)16-25-11-9-18(10-12-25)17-3-7-21(27)8-4-17/h1-8,18,22,27H,9-16H2. The van der Waals surface area contributed by atoms with Crippen molar-refractivity contribution in [2.75, 3.05) is 39.3 Å². The lowest BCUT2D eigenvalue weighted by Gasteiger charge is -2.36. The first kappa shape index (κ1) is 19.9. The van der Waals surface area contributed by atoms with Gasteiger partial charge in [-0.15, -0.1) is 0 Å². The summed E-state index contributed by atoms with van der Waals surface area (Å²) in [5.74, 6) is 0.631. The number of phenols is 1. The summed E-state index contributed by atoms with van der Waals surface area (Å²) in [5, 5.41) is 9.45. The van der Waals surface area contributed by atoms with Crippen LogP contribution in [0.3, 0.4) is 0 Å². The molecular formula is C23H27FN2O3. The lowest BCUT2D eigenvalue weighted by atomic mass is 9.89. The number of piperidine rings is 1. The van der Waals surface area contributed by atoms with Gasteiger partial charge in [0.15, 0.2) is 0 Å². The van der Waals surface area contributed by atoms with E-state index in [9.17, 15) is 14.3 Å². The first-order chi connectivity index (χ1) is 14.1. The summed E-state index contributed by atoms with van der Waals surface area (Å²) in [6, 6.07) is 13.8. The predicted molar refractivity (Wildman–Crippen MR) is 108 cm³/mol. The van der Waals surface area contributed by atoms with E-state index in [1.807, 2.05) is 17.0 Å². The summed E-state index contributed by atoms with van der Waals surface area (Å²) in [6.07, 6.45) is 1.83. The van der Waals surface area contributed by atoms with Crippen molar-refractivity contribution < 1.29 is 19.0 Å². The minimum absolute atomic E-state index is 0.128. The van der Waals surface area contributed by atoms with E-state index in [4.69, 9.17) is 4.74 Å². The molecule has 154 valence electrons. The van der Waals surface area contributed by atoms with Crippen molar-refractivity contribution in [3.63, 3.8) is 0 Å². The van der Waals surface area contributed by atoms with Crippen molar-refractivity contribution in [1.82, 2.24) is 9.80 Å². The van der Waals surface area contributed by atoms with Gasteiger partial charge in [-0.25, -0.2) is 4.39 Å². The van der Waals surface area contributed by atoms with Crippen molar-refractivity contribution in [2.45, 2.75) is 24.9 Å². The number of hydrogen-bond donors (Lipinski definition) is 1. The number of rotatable bonds is 4. The Balaban J connectivity index is 1.28. The molecule has 2 aromatic carbocycles. The second kappa shape index (κ2) is 8.93. The second-order valence-corrected chi connectivity index (χ2v) is 7.89. The van der Waals surface area contributed by atoms with Crippen LogP contribution in [0.5, 0.6) is 5.75 Å². The number of halogens is 1. The molecule has 2 fully saturated rings. The van der Waals surface area contributed by atoms with Crippen LogP contribution in [0.2, 0.25) is 0 Å². The molecule has 0 bridgehead atoms. The van der Waals surface area contributed by atoms with Gasteiger partial charge in [0.2, 0.25) is 5.91 Å². The van der Waals surface area contributed by atoms with Gasteiger partial charge in [-0.1, -0.05) is 24.3 Å². The molecule has 6 heteroatoms. The minimum atomic E-state index is -0.270. The van der Waals surface area contributed by atoms with Gasteiger partial charge in [-0.05, 0) is 67.2 Å². The Morgan fingerprint density at radius 3 is 2.34 bits per heavy atom. The topological polar surface area (TPSA) is 53.0 Å². The number of nitrogens with zero attached hydrogens (tertiary/aromatic N) is 2. The Hall–Kier alpha value is -2.44. The lowest BCUT2D eigenvalue weighted by Crippen LogP contribution is -2.47. The fourth-order valence-corrected chi connectivity index (χ4v) is 4.22. The molecule has 1 unspecified atom stereocenters. The molecule has 5 nitrogen and oxygen atoms in total. The number of aromatic hydroxyl groups is 1. The fraction of sp³-hybridized carbons (Fsp3) is 0.435. The molecule has 0 saturated carbocycles. The van der Waals surface area contributed by atoms with E-state index >= 15 is 0 Å². The number of ether oxygens (including phenoxy) is 1. The maximum absolute atomic E-state index is 13.2. The molecular weight excluding hydrogens is 371 g/mol. The van der Waals surface area contributed by atoms with Gasteiger partial charge in [-0.3, -0.25) is 9.69 Å². The lowest BCUT2D eigenvalue weighted by molar-refractivity contribution is -0.140. The molecule has 1 amide bonds. The van der Waals surface area contributed by atoms with Crippen molar-refractivity contribution in [3.8, 4) is 5.75 Å². The smallest absolute Gasteiger partial charge is 0.236 e. The molecule has 2 aliphatic rings. The third-order valence-corrected chi connectivity index (χ3v) is 5.97. The molecule has 2 heterocycles. The molecule has 4 rings (SSSR count). The summed E-state index contributed by atoms with van der Waals surface area (Å²) >= 11 is 0. The number of morpholine rings is 1. The second-order valence-electron chi connectivity index (χ2n) is 7.89. The van der Waals surface area contributed by atoms with Crippen LogP contribution >= 0.6 is 0 Å². The number of likely N-dealkylation sites (tertiary alicyclic amines) is 1. The van der Waals surface area contributed by atoms with Gasteiger partial charge in [0.05, 0.1) is 19.7 Å². The Labute approximate surface area is 170 Å². The van der Waals surface area contributed by atoms with Crippen LogP contribution in [0.4, 0.5) is 4.39 Å². The number of amides is 1. The molecule has 0 radical (unpaired) electrons. The summed E-state index contributed by atoms with van der Waals surface area (Å²) in [6.45, 7) is 3.82. The molecule has 2 saturated heterocycles. The van der Waals surface area contributed by atoms with Crippen LogP contribution in [0, 0.1) is 5.82 Å². The molecule has 0 spiro atoms. The zero-order valence-electron chi connectivity index (χ0n) is 16.5. The monoisotopic (exact) mass is 398 g/mol. The van der Waals surface area contributed by atoms with E-state index < -0.39 is 0 Å². The van der Waals surface area contributed by atoms with Gasteiger partial charge in [0.25, 0.3) is 0 Å². The van der Waals surface area contributed by atoms with Crippen LogP contribution in [0.1, 0.15) is 36.0 Å². The van der Waals surface area contributed by atoms with Crippen molar-refractivity contribution in [1.29, 1.82) is 0 Å². The van der Waals surface area contributed by atoms with Gasteiger partial charge in [0.1, 0.15) is 17.7 Å². The molecule has 0 aromatic heterocycles. The van der Waals surface area contributed by atoms with Gasteiger partial charge in [0, 0.05) is 6.54 Å². The highest BCUT2D eigenvalue weighted by Gasteiger charge is 2.28. The van der Waals surface area contributed by atoms with E-state index in [-0.39, 0.29) is 17.8 Å². The van der Waals surface area contributed by atoms with E-state index in [2.05, 4.69) is 4.90 Å². The zero-order valence-corrected chi connectivity index (χ0v) is 16.5. The quantitative estimate of drug-likeness (QED) is 0.859. The van der Waals surface area contributed by atoms with Crippen LogP contribution in [-0.2, 0) is 9.53 Å². The SMILES string of the molecule is O=C(CN1CCC(c2ccc(O)cc2)CC1)N1CCOC(c2ccc(F)cc2)C1. The molecule has 2 aliphatic heterocycles. The minimum Gasteiger partial charge on any atom is -0.508 e. The number of carbonyl (C=O) groups excluding carboxylic acids is 1. The highest BCUT2D eigenvalue weighted by Crippen LogP contribution is 2.29. The summed E-state index contributed by atoms with van der Waals surface area (Å²) in [7, 11) is 0. The van der Waals surface area contributed by atoms with Gasteiger partial charge >= 0.3 is 0 Å². The zero-order chi connectivity index (χ0) is 20.2. The molecule has 0 aliphatic carbocycles. The Kier molecular flexibility index (Phi) is 6.11.